The van der Waals surface area contributed by atoms with Crippen molar-refractivity contribution in [1.82, 2.24) is 25.2 Å². The maximum absolute atomic E-state index is 12.8. The smallest absolute Gasteiger partial charge is 0.276 e. The summed E-state index contributed by atoms with van der Waals surface area (Å²) in [6.45, 7) is 2.22. The summed E-state index contributed by atoms with van der Waals surface area (Å²) < 4.78 is 11.4. The lowest BCUT2D eigenvalue weighted by Gasteiger charge is -2.30. The lowest BCUT2D eigenvalue weighted by Crippen LogP contribution is -2.47. The maximum atomic E-state index is 12.8. The molecular formula is C17H19N5O4. The lowest BCUT2D eigenvalue weighted by molar-refractivity contribution is -0.141. The van der Waals surface area contributed by atoms with E-state index in [-0.39, 0.29) is 24.1 Å². The normalized spacial score (nSPS) is 19.8. The van der Waals surface area contributed by atoms with Crippen molar-refractivity contribution in [1.29, 1.82) is 0 Å². The van der Waals surface area contributed by atoms with Gasteiger partial charge in [-0.2, -0.15) is 15.4 Å². The van der Waals surface area contributed by atoms with Gasteiger partial charge in [0.2, 0.25) is 6.10 Å². The van der Waals surface area contributed by atoms with Gasteiger partial charge in [0.1, 0.15) is 6.61 Å². The van der Waals surface area contributed by atoms with E-state index < -0.39 is 6.10 Å². The number of amides is 2. The van der Waals surface area contributed by atoms with Crippen molar-refractivity contribution in [2.75, 3.05) is 32.8 Å². The summed E-state index contributed by atoms with van der Waals surface area (Å²) in [4.78, 5) is 28.6. The van der Waals surface area contributed by atoms with Crippen molar-refractivity contribution < 1.29 is 19.1 Å². The molecule has 1 aromatic heterocycles. The summed E-state index contributed by atoms with van der Waals surface area (Å²) in [5, 5.41) is 9.93. The molecule has 2 aliphatic heterocycles. The summed E-state index contributed by atoms with van der Waals surface area (Å²) >= 11 is 0. The van der Waals surface area contributed by atoms with E-state index in [9.17, 15) is 9.59 Å². The number of nitrogens with one attached hydrogen (secondary N) is 1. The summed E-state index contributed by atoms with van der Waals surface area (Å²) in [7, 11) is 0. The number of ether oxygens (including phenoxy) is 2. The fraction of sp³-hybridized carbons (Fsp3) is 0.412. The standard InChI is InChI=1S/C17H19N5O4/c23-16(12-10-18-20-19-12)21-6-3-7-22(9-8-21)17(24)15-11-25-13-4-1-2-5-14(13)26-15/h1-2,4-5,10,15H,3,6-9,11H2,(H,18,19,20). The molecule has 0 spiro atoms. The van der Waals surface area contributed by atoms with Crippen molar-refractivity contribution in [3.63, 3.8) is 0 Å². The topological polar surface area (TPSA) is 101 Å². The highest BCUT2D eigenvalue weighted by Gasteiger charge is 2.32. The van der Waals surface area contributed by atoms with Gasteiger partial charge >= 0.3 is 0 Å². The highest BCUT2D eigenvalue weighted by atomic mass is 16.6. The largest absolute Gasteiger partial charge is 0.485 e. The van der Waals surface area contributed by atoms with Crippen molar-refractivity contribution in [2.45, 2.75) is 12.5 Å². The van der Waals surface area contributed by atoms with Crippen LogP contribution in [-0.2, 0) is 4.79 Å². The Balaban J connectivity index is 1.38. The number of aromatic amines is 1. The van der Waals surface area contributed by atoms with Crippen LogP contribution in [0.15, 0.2) is 30.5 Å². The van der Waals surface area contributed by atoms with Crippen molar-refractivity contribution in [3.8, 4) is 11.5 Å². The number of hydrogen-bond acceptors (Lipinski definition) is 6. The Kier molecular flexibility index (Phi) is 4.42. The zero-order valence-electron chi connectivity index (χ0n) is 14.1. The van der Waals surface area contributed by atoms with E-state index in [0.717, 1.165) is 0 Å². The summed E-state index contributed by atoms with van der Waals surface area (Å²) in [5.41, 5.74) is 0.283. The van der Waals surface area contributed by atoms with E-state index >= 15 is 0 Å². The molecule has 0 saturated carbocycles. The van der Waals surface area contributed by atoms with Crippen molar-refractivity contribution in [2.24, 2.45) is 0 Å². The van der Waals surface area contributed by atoms with Crippen LogP contribution in [0.5, 0.6) is 11.5 Å². The molecule has 0 aliphatic carbocycles. The number of fused-ring (bicyclic) bond motifs is 1. The number of carbonyl (C=O) groups excluding carboxylic acids is 2. The van der Waals surface area contributed by atoms with Crippen LogP contribution in [0.25, 0.3) is 0 Å². The lowest BCUT2D eigenvalue weighted by atomic mass is 10.2. The fourth-order valence-corrected chi connectivity index (χ4v) is 3.15. The van der Waals surface area contributed by atoms with E-state index in [1.807, 2.05) is 18.2 Å². The van der Waals surface area contributed by atoms with E-state index in [1.165, 1.54) is 6.20 Å². The second kappa shape index (κ2) is 7.03. The Hall–Kier alpha value is -3.10. The molecule has 0 radical (unpaired) electrons. The summed E-state index contributed by atoms with van der Waals surface area (Å²) in [6.07, 6.45) is 1.43. The van der Waals surface area contributed by atoms with Crippen LogP contribution in [0.1, 0.15) is 16.9 Å². The third kappa shape index (κ3) is 3.19. The zero-order chi connectivity index (χ0) is 17.9. The Morgan fingerprint density at radius 1 is 1.08 bits per heavy atom. The monoisotopic (exact) mass is 357 g/mol. The number of benzene rings is 1. The first-order valence-electron chi connectivity index (χ1n) is 8.54. The highest BCUT2D eigenvalue weighted by Crippen LogP contribution is 2.31. The third-order valence-corrected chi connectivity index (χ3v) is 4.51. The fourth-order valence-electron chi connectivity index (χ4n) is 3.15. The number of para-hydroxylation sites is 2. The number of nitrogens with zero attached hydrogens (tertiary/aromatic N) is 4. The summed E-state index contributed by atoms with van der Waals surface area (Å²) in [6, 6.07) is 7.30. The minimum atomic E-state index is -0.664. The van der Waals surface area contributed by atoms with Crippen LogP contribution in [-0.4, -0.2) is 75.9 Å². The number of H-pyrrole nitrogens is 1. The maximum Gasteiger partial charge on any atom is 0.276 e. The van der Waals surface area contributed by atoms with E-state index in [4.69, 9.17) is 9.47 Å². The van der Waals surface area contributed by atoms with E-state index in [2.05, 4.69) is 15.4 Å². The number of hydrogen-bond donors (Lipinski definition) is 1. The summed E-state index contributed by atoms with van der Waals surface area (Å²) in [5.74, 6) is 0.932. The first-order chi connectivity index (χ1) is 12.7. The van der Waals surface area contributed by atoms with Gasteiger partial charge in [-0.1, -0.05) is 12.1 Å². The quantitative estimate of drug-likeness (QED) is 0.831. The number of rotatable bonds is 2. The SMILES string of the molecule is O=C(c1cn[nH]n1)N1CCCN(C(=O)C2COc3ccccc3O2)CC1. The van der Waals surface area contributed by atoms with Gasteiger partial charge in [0.15, 0.2) is 17.2 Å². The van der Waals surface area contributed by atoms with Gasteiger partial charge in [-0.3, -0.25) is 9.59 Å². The Morgan fingerprint density at radius 2 is 1.85 bits per heavy atom. The highest BCUT2D eigenvalue weighted by molar-refractivity contribution is 5.92. The van der Waals surface area contributed by atoms with Gasteiger partial charge in [-0.15, -0.1) is 0 Å². The van der Waals surface area contributed by atoms with Gasteiger partial charge in [0, 0.05) is 26.2 Å². The Bertz CT molecular complexity index is 794. The van der Waals surface area contributed by atoms with E-state index in [1.54, 1.807) is 15.9 Å². The molecule has 1 saturated heterocycles. The van der Waals surface area contributed by atoms with Gasteiger partial charge in [0.25, 0.3) is 11.8 Å². The van der Waals surface area contributed by atoms with Crippen LogP contribution in [0.4, 0.5) is 0 Å². The Morgan fingerprint density at radius 3 is 2.65 bits per heavy atom. The van der Waals surface area contributed by atoms with Crippen LogP contribution in [0, 0.1) is 0 Å². The minimum absolute atomic E-state index is 0.116. The molecule has 2 amide bonds. The van der Waals surface area contributed by atoms with Crippen LogP contribution in [0.3, 0.4) is 0 Å². The average molecular weight is 357 g/mol. The first-order valence-corrected chi connectivity index (χ1v) is 8.54. The molecule has 136 valence electrons. The predicted molar refractivity (Wildman–Crippen MR) is 89.8 cm³/mol. The van der Waals surface area contributed by atoms with Crippen LogP contribution >= 0.6 is 0 Å². The molecule has 1 unspecified atom stereocenters. The predicted octanol–water partition coefficient (Wildman–Crippen LogP) is 0.319. The molecule has 1 fully saturated rings. The molecule has 4 rings (SSSR count). The minimum Gasteiger partial charge on any atom is -0.485 e. The molecule has 9 heteroatoms. The van der Waals surface area contributed by atoms with Gasteiger partial charge in [-0.05, 0) is 18.6 Å². The molecule has 0 bridgehead atoms. The second-order valence-electron chi connectivity index (χ2n) is 6.19. The molecule has 3 heterocycles. The molecule has 2 aromatic rings. The van der Waals surface area contributed by atoms with Gasteiger partial charge in [-0.25, -0.2) is 0 Å². The molecule has 2 aliphatic rings. The van der Waals surface area contributed by atoms with Crippen LogP contribution in [0.2, 0.25) is 0 Å². The first kappa shape index (κ1) is 16.4. The zero-order valence-corrected chi connectivity index (χ0v) is 14.1. The van der Waals surface area contributed by atoms with E-state index in [0.29, 0.717) is 44.1 Å². The molecule has 26 heavy (non-hydrogen) atoms. The molecular weight excluding hydrogens is 338 g/mol. The van der Waals surface area contributed by atoms with Crippen molar-refractivity contribution in [3.05, 3.63) is 36.2 Å². The molecule has 1 N–H and O–H groups in total. The molecule has 1 aromatic carbocycles. The molecule has 9 nitrogen and oxygen atoms in total. The third-order valence-electron chi connectivity index (χ3n) is 4.51. The van der Waals surface area contributed by atoms with Crippen molar-refractivity contribution >= 4 is 11.8 Å². The number of aromatic nitrogens is 3. The van der Waals surface area contributed by atoms with Crippen LogP contribution < -0.4 is 9.47 Å². The number of carbonyl (C=O) groups is 2. The second-order valence-corrected chi connectivity index (χ2v) is 6.19. The van der Waals surface area contributed by atoms with Gasteiger partial charge < -0.3 is 19.3 Å². The van der Waals surface area contributed by atoms with Gasteiger partial charge in [0.05, 0.1) is 6.20 Å². The average Bonchev–Trinajstić information content (AvgIpc) is 3.11. The molecule has 1 atom stereocenters. The Labute approximate surface area is 149 Å².